The maximum atomic E-state index is 5.97. The highest BCUT2D eigenvalue weighted by Gasteiger charge is 2.31. The number of hydrogen-bond acceptors (Lipinski definition) is 3. The van der Waals surface area contributed by atoms with Gasteiger partial charge in [0, 0.05) is 28.4 Å². The van der Waals surface area contributed by atoms with Crippen molar-refractivity contribution in [1.29, 1.82) is 0 Å². The lowest BCUT2D eigenvalue weighted by atomic mass is 9.89. The summed E-state index contributed by atoms with van der Waals surface area (Å²) in [5.41, 5.74) is 5.97. The lowest BCUT2D eigenvalue weighted by Gasteiger charge is -2.42. The Kier molecular flexibility index (Phi) is 4.23. The van der Waals surface area contributed by atoms with Gasteiger partial charge in [0.1, 0.15) is 0 Å². The fraction of sp³-hybridized carbons (Fsp3) is 0.714. The van der Waals surface area contributed by atoms with Crippen molar-refractivity contribution < 1.29 is 0 Å². The van der Waals surface area contributed by atoms with E-state index in [1.807, 2.05) is 11.3 Å². The zero-order chi connectivity index (χ0) is 12.4. The number of rotatable bonds is 3. The van der Waals surface area contributed by atoms with E-state index in [9.17, 15) is 0 Å². The highest BCUT2D eigenvalue weighted by molar-refractivity contribution is 7.12. The molecule has 2 nitrogen and oxygen atoms in total. The third kappa shape index (κ3) is 2.72. The Morgan fingerprint density at radius 3 is 2.88 bits per heavy atom. The molecule has 1 fully saturated rings. The van der Waals surface area contributed by atoms with Crippen molar-refractivity contribution in [3.8, 4) is 0 Å². The molecule has 17 heavy (non-hydrogen) atoms. The first kappa shape index (κ1) is 13.1. The maximum Gasteiger partial charge on any atom is 0.0416 e. The molecule has 0 bridgehead atoms. The van der Waals surface area contributed by atoms with Crippen LogP contribution in [0.4, 0.5) is 0 Å². The van der Waals surface area contributed by atoms with Gasteiger partial charge in [0.15, 0.2) is 0 Å². The fourth-order valence-corrected chi connectivity index (χ4v) is 3.92. The van der Waals surface area contributed by atoms with Crippen LogP contribution >= 0.6 is 11.3 Å². The van der Waals surface area contributed by atoms with Gasteiger partial charge in [-0.3, -0.25) is 4.90 Å². The van der Waals surface area contributed by atoms with Crippen molar-refractivity contribution in [1.82, 2.24) is 4.90 Å². The predicted octanol–water partition coefficient (Wildman–Crippen LogP) is 3.18. The summed E-state index contributed by atoms with van der Waals surface area (Å²) in [5, 5.41) is 0. The number of nitrogens with zero attached hydrogens (tertiary/aromatic N) is 1. The largest absolute Gasteiger partial charge is 0.329 e. The van der Waals surface area contributed by atoms with E-state index in [1.165, 1.54) is 29.1 Å². The zero-order valence-electron chi connectivity index (χ0n) is 11.1. The second-order valence-corrected chi connectivity index (χ2v) is 6.60. The van der Waals surface area contributed by atoms with Gasteiger partial charge in [-0.25, -0.2) is 0 Å². The summed E-state index contributed by atoms with van der Waals surface area (Å²) in [4.78, 5) is 5.50. The molecule has 1 aromatic heterocycles. The Morgan fingerprint density at radius 1 is 1.53 bits per heavy atom. The maximum absolute atomic E-state index is 5.97. The SMILES string of the molecule is Cc1ccc(C(C)N2CCCC(C)C2CN)s1. The molecule has 1 saturated heterocycles. The van der Waals surface area contributed by atoms with Crippen LogP contribution in [-0.2, 0) is 0 Å². The van der Waals surface area contributed by atoms with Crippen LogP contribution in [-0.4, -0.2) is 24.0 Å². The van der Waals surface area contributed by atoms with Crippen molar-refractivity contribution in [2.24, 2.45) is 11.7 Å². The van der Waals surface area contributed by atoms with Crippen LogP contribution in [0.1, 0.15) is 42.5 Å². The number of thiophene rings is 1. The Balaban J connectivity index is 2.14. The quantitative estimate of drug-likeness (QED) is 0.895. The Morgan fingerprint density at radius 2 is 2.29 bits per heavy atom. The molecule has 1 aliphatic heterocycles. The molecule has 1 aliphatic rings. The molecule has 0 amide bonds. The summed E-state index contributed by atoms with van der Waals surface area (Å²) >= 11 is 1.92. The molecule has 2 heterocycles. The molecular weight excluding hydrogens is 228 g/mol. The molecule has 0 aliphatic carbocycles. The molecule has 3 heteroatoms. The first-order valence-electron chi connectivity index (χ1n) is 6.65. The van der Waals surface area contributed by atoms with Gasteiger partial charge >= 0.3 is 0 Å². The molecule has 2 rings (SSSR count). The van der Waals surface area contributed by atoms with Crippen LogP contribution in [0, 0.1) is 12.8 Å². The highest BCUT2D eigenvalue weighted by Crippen LogP contribution is 2.33. The average molecular weight is 252 g/mol. The molecular formula is C14H24N2S. The van der Waals surface area contributed by atoms with Crippen molar-refractivity contribution in [2.75, 3.05) is 13.1 Å². The van der Waals surface area contributed by atoms with Gasteiger partial charge < -0.3 is 5.73 Å². The van der Waals surface area contributed by atoms with Crippen molar-refractivity contribution >= 4 is 11.3 Å². The van der Waals surface area contributed by atoms with Crippen LogP contribution in [0.3, 0.4) is 0 Å². The van der Waals surface area contributed by atoms with Crippen molar-refractivity contribution in [2.45, 2.75) is 45.7 Å². The minimum atomic E-state index is 0.519. The summed E-state index contributed by atoms with van der Waals surface area (Å²) < 4.78 is 0. The van der Waals surface area contributed by atoms with Crippen LogP contribution in [0.25, 0.3) is 0 Å². The molecule has 96 valence electrons. The third-order valence-electron chi connectivity index (χ3n) is 4.07. The van der Waals surface area contributed by atoms with E-state index in [0.717, 1.165) is 12.5 Å². The minimum Gasteiger partial charge on any atom is -0.329 e. The lowest BCUT2D eigenvalue weighted by molar-refractivity contribution is 0.0703. The molecule has 2 N–H and O–H groups in total. The molecule has 0 radical (unpaired) electrons. The van der Waals surface area contributed by atoms with Crippen molar-refractivity contribution in [3.05, 3.63) is 21.9 Å². The summed E-state index contributed by atoms with van der Waals surface area (Å²) in [6.45, 7) is 8.84. The molecule has 0 saturated carbocycles. The Bertz CT molecular complexity index is 361. The van der Waals surface area contributed by atoms with E-state index in [-0.39, 0.29) is 0 Å². The number of aryl methyl sites for hydroxylation is 1. The van der Waals surface area contributed by atoms with Crippen LogP contribution in [0.2, 0.25) is 0 Å². The second-order valence-electron chi connectivity index (χ2n) is 5.28. The van der Waals surface area contributed by atoms with E-state index in [4.69, 9.17) is 5.73 Å². The molecule has 3 atom stereocenters. The van der Waals surface area contributed by atoms with E-state index in [2.05, 4.69) is 37.8 Å². The van der Waals surface area contributed by atoms with Gasteiger partial charge in [0.05, 0.1) is 0 Å². The summed E-state index contributed by atoms with van der Waals surface area (Å²) in [7, 11) is 0. The minimum absolute atomic E-state index is 0.519. The fourth-order valence-electron chi connectivity index (χ4n) is 2.97. The monoisotopic (exact) mass is 252 g/mol. The molecule has 0 aromatic carbocycles. The van der Waals surface area contributed by atoms with E-state index >= 15 is 0 Å². The van der Waals surface area contributed by atoms with E-state index < -0.39 is 0 Å². The van der Waals surface area contributed by atoms with Crippen LogP contribution in [0.15, 0.2) is 12.1 Å². The molecule has 1 aromatic rings. The number of piperidine rings is 1. The average Bonchev–Trinajstić information content (AvgIpc) is 2.74. The second kappa shape index (κ2) is 5.51. The highest BCUT2D eigenvalue weighted by atomic mass is 32.1. The van der Waals surface area contributed by atoms with E-state index in [0.29, 0.717) is 12.1 Å². The summed E-state index contributed by atoms with van der Waals surface area (Å²) in [6.07, 6.45) is 2.64. The van der Waals surface area contributed by atoms with E-state index in [1.54, 1.807) is 0 Å². The van der Waals surface area contributed by atoms with Gasteiger partial charge in [-0.15, -0.1) is 11.3 Å². The van der Waals surface area contributed by atoms with Gasteiger partial charge in [0.2, 0.25) is 0 Å². The molecule has 3 unspecified atom stereocenters. The third-order valence-corrected chi connectivity index (χ3v) is 5.24. The Labute approximate surface area is 109 Å². The van der Waals surface area contributed by atoms with Crippen molar-refractivity contribution in [3.63, 3.8) is 0 Å². The number of nitrogens with two attached hydrogens (primary N) is 1. The van der Waals surface area contributed by atoms with Gasteiger partial charge in [0.25, 0.3) is 0 Å². The first-order chi connectivity index (χ1) is 8.13. The summed E-state index contributed by atoms with van der Waals surface area (Å²) in [6, 6.07) is 5.57. The van der Waals surface area contributed by atoms with Gasteiger partial charge in [-0.1, -0.05) is 6.92 Å². The number of likely N-dealkylation sites (tertiary alicyclic amines) is 1. The molecule has 0 spiro atoms. The van der Waals surface area contributed by atoms with Crippen LogP contribution in [0.5, 0.6) is 0 Å². The Hall–Kier alpha value is -0.380. The van der Waals surface area contributed by atoms with Gasteiger partial charge in [-0.2, -0.15) is 0 Å². The number of hydrogen-bond donors (Lipinski definition) is 1. The van der Waals surface area contributed by atoms with Crippen LogP contribution < -0.4 is 5.73 Å². The first-order valence-corrected chi connectivity index (χ1v) is 7.47. The zero-order valence-corrected chi connectivity index (χ0v) is 12.0. The predicted molar refractivity (Wildman–Crippen MR) is 75.4 cm³/mol. The standard InChI is InChI=1S/C14H24N2S/c1-10-5-4-8-16(13(10)9-15)12(3)14-7-6-11(2)17-14/h6-7,10,12-13H,4-5,8-9,15H2,1-3H3. The summed E-state index contributed by atoms with van der Waals surface area (Å²) in [5.74, 6) is 0.734. The normalized spacial score (nSPS) is 28.2. The topological polar surface area (TPSA) is 29.3 Å². The smallest absolute Gasteiger partial charge is 0.0416 e. The lowest BCUT2D eigenvalue weighted by Crippen LogP contribution is -2.49. The van der Waals surface area contributed by atoms with Gasteiger partial charge in [-0.05, 0) is 51.3 Å².